The van der Waals surface area contributed by atoms with Crippen LogP contribution in [0.1, 0.15) is 54.9 Å². The Kier molecular flexibility index (Phi) is 6.83. The monoisotopic (exact) mass is 354 g/mol. The molecule has 140 valence electrons. The molecule has 0 radical (unpaired) electrons. The molecular formula is C21H30N4O. The largest absolute Gasteiger partial charge is 0.350 e. The number of benzene rings is 1. The average Bonchev–Trinajstić information content (AvgIpc) is 3.18. The summed E-state index contributed by atoms with van der Waals surface area (Å²) in [5.74, 6) is 0.0247. The van der Waals surface area contributed by atoms with Crippen LogP contribution in [0, 0.1) is 0 Å². The second-order valence-electron chi connectivity index (χ2n) is 7.15. The molecule has 2 heterocycles. The van der Waals surface area contributed by atoms with Gasteiger partial charge in [-0.05, 0) is 56.1 Å². The topological polar surface area (TPSA) is 50.2 Å². The van der Waals surface area contributed by atoms with Crippen LogP contribution in [0.15, 0.2) is 42.7 Å². The van der Waals surface area contributed by atoms with Crippen molar-refractivity contribution in [2.45, 2.75) is 51.6 Å². The van der Waals surface area contributed by atoms with Crippen molar-refractivity contribution >= 4 is 5.91 Å². The maximum absolute atomic E-state index is 12.5. The highest BCUT2D eigenvalue weighted by Crippen LogP contribution is 2.17. The smallest absolute Gasteiger partial charge is 0.251 e. The Balaban J connectivity index is 1.50. The Bertz CT molecular complexity index is 666. The van der Waals surface area contributed by atoms with Gasteiger partial charge in [-0.2, -0.15) is 5.10 Å². The van der Waals surface area contributed by atoms with E-state index in [1.165, 1.54) is 38.6 Å². The van der Waals surface area contributed by atoms with Crippen molar-refractivity contribution < 1.29 is 4.79 Å². The minimum atomic E-state index is 0.0247. The molecule has 0 saturated carbocycles. The van der Waals surface area contributed by atoms with Crippen molar-refractivity contribution in [1.29, 1.82) is 0 Å². The lowest BCUT2D eigenvalue weighted by Gasteiger charge is -2.35. The van der Waals surface area contributed by atoms with E-state index < -0.39 is 0 Å². The Morgan fingerprint density at radius 2 is 2.12 bits per heavy atom. The van der Waals surface area contributed by atoms with Crippen molar-refractivity contribution in [2.24, 2.45) is 0 Å². The van der Waals surface area contributed by atoms with E-state index in [2.05, 4.69) is 22.2 Å². The van der Waals surface area contributed by atoms with Gasteiger partial charge >= 0.3 is 0 Å². The summed E-state index contributed by atoms with van der Waals surface area (Å²) in [6, 6.07) is 10.2. The summed E-state index contributed by atoms with van der Waals surface area (Å²) < 4.78 is 1.88. The fraction of sp³-hybridized carbons (Fsp3) is 0.524. The molecule has 0 bridgehead atoms. The minimum Gasteiger partial charge on any atom is -0.350 e. The van der Waals surface area contributed by atoms with E-state index in [9.17, 15) is 4.79 Å². The normalized spacial score (nSPS) is 18.0. The van der Waals surface area contributed by atoms with Gasteiger partial charge in [0.1, 0.15) is 0 Å². The molecule has 1 fully saturated rings. The molecule has 0 aliphatic carbocycles. The molecule has 2 aromatic rings. The van der Waals surface area contributed by atoms with Gasteiger partial charge < -0.3 is 5.32 Å². The lowest BCUT2D eigenvalue weighted by atomic mass is 10.0. The number of hydrogen-bond donors (Lipinski definition) is 1. The summed E-state index contributed by atoms with van der Waals surface area (Å²) in [5, 5.41) is 7.35. The zero-order valence-electron chi connectivity index (χ0n) is 15.7. The second kappa shape index (κ2) is 9.53. The van der Waals surface area contributed by atoms with Crippen molar-refractivity contribution in [2.75, 3.05) is 19.6 Å². The Hall–Kier alpha value is -2.14. The highest BCUT2D eigenvalue weighted by molar-refractivity contribution is 5.94. The number of carbonyl (C=O) groups excluding carboxylic acids is 1. The third-order valence-corrected chi connectivity index (χ3v) is 5.17. The van der Waals surface area contributed by atoms with Crippen LogP contribution in [0.3, 0.4) is 0 Å². The molecule has 0 spiro atoms. The van der Waals surface area contributed by atoms with Crippen LogP contribution >= 0.6 is 0 Å². The molecule has 1 aromatic carbocycles. The van der Waals surface area contributed by atoms with Crippen LogP contribution in [0.5, 0.6) is 0 Å². The molecule has 1 saturated heterocycles. The SMILES string of the molecule is CCCCN1CCCCC1CNC(=O)c1ccc(Cn2cccn2)cc1. The molecule has 1 unspecified atom stereocenters. The highest BCUT2D eigenvalue weighted by Gasteiger charge is 2.22. The van der Waals surface area contributed by atoms with Gasteiger partial charge in [-0.1, -0.05) is 31.9 Å². The maximum Gasteiger partial charge on any atom is 0.251 e. The van der Waals surface area contributed by atoms with E-state index in [0.29, 0.717) is 6.04 Å². The Morgan fingerprint density at radius 1 is 1.27 bits per heavy atom. The summed E-state index contributed by atoms with van der Waals surface area (Å²) >= 11 is 0. The number of piperidine rings is 1. The molecule has 5 heteroatoms. The van der Waals surface area contributed by atoms with Crippen LogP contribution in [-0.2, 0) is 6.54 Å². The number of likely N-dealkylation sites (tertiary alicyclic amines) is 1. The van der Waals surface area contributed by atoms with Gasteiger partial charge in [-0.3, -0.25) is 14.4 Å². The van der Waals surface area contributed by atoms with Crippen LogP contribution < -0.4 is 5.32 Å². The first-order valence-electron chi connectivity index (χ1n) is 9.85. The van der Waals surface area contributed by atoms with Crippen LogP contribution in [0.2, 0.25) is 0 Å². The van der Waals surface area contributed by atoms with E-state index in [0.717, 1.165) is 30.8 Å². The van der Waals surface area contributed by atoms with Gasteiger partial charge in [-0.25, -0.2) is 0 Å². The second-order valence-corrected chi connectivity index (χ2v) is 7.15. The number of unbranched alkanes of at least 4 members (excludes halogenated alkanes) is 1. The zero-order chi connectivity index (χ0) is 18.2. The molecule has 5 nitrogen and oxygen atoms in total. The Morgan fingerprint density at radius 3 is 2.85 bits per heavy atom. The van der Waals surface area contributed by atoms with E-state index in [1.54, 1.807) is 6.20 Å². The summed E-state index contributed by atoms with van der Waals surface area (Å²) in [6.07, 6.45) is 9.92. The van der Waals surface area contributed by atoms with Gasteiger partial charge in [0.2, 0.25) is 0 Å². The molecule has 1 aliphatic rings. The number of nitrogens with one attached hydrogen (secondary N) is 1. The first-order chi connectivity index (χ1) is 12.8. The molecule has 1 aliphatic heterocycles. The first kappa shape index (κ1) is 18.6. The molecular weight excluding hydrogens is 324 g/mol. The molecule has 1 amide bonds. The molecule has 26 heavy (non-hydrogen) atoms. The summed E-state index contributed by atoms with van der Waals surface area (Å²) in [6.45, 7) is 6.03. The van der Waals surface area contributed by atoms with Crippen molar-refractivity contribution in [3.8, 4) is 0 Å². The summed E-state index contributed by atoms with van der Waals surface area (Å²) in [5.41, 5.74) is 1.87. The predicted octanol–water partition coefficient (Wildman–Crippen LogP) is 3.32. The summed E-state index contributed by atoms with van der Waals surface area (Å²) in [7, 11) is 0. The van der Waals surface area contributed by atoms with Crippen molar-refractivity contribution in [3.05, 3.63) is 53.9 Å². The molecule has 1 atom stereocenters. The van der Waals surface area contributed by atoms with Crippen LogP contribution in [0.4, 0.5) is 0 Å². The highest BCUT2D eigenvalue weighted by atomic mass is 16.1. The summed E-state index contributed by atoms with van der Waals surface area (Å²) in [4.78, 5) is 15.0. The number of amides is 1. The minimum absolute atomic E-state index is 0.0247. The van der Waals surface area contributed by atoms with Crippen LogP contribution in [0.25, 0.3) is 0 Å². The quantitative estimate of drug-likeness (QED) is 0.791. The third-order valence-electron chi connectivity index (χ3n) is 5.17. The maximum atomic E-state index is 12.5. The van der Waals surface area contributed by atoms with Crippen molar-refractivity contribution in [3.63, 3.8) is 0 Å². The molecule has 1 N–H and O–H groups in total. The van der Waals surface area contributed by atoms with E-state index in [-0.39, 0.29) is 5.91 Å². The van der Waals surface area contributed by atoms with Crippen molar-refractivity contribution in [1.82, 2.24) is 20.0 Å². The predicted molar refractivity (Wildman–Crippen MR) is 104 cm³/mol. The van der Waals surface area contributed by atoms with E-state index >= 15 is 0 Å². The number of carbonyl (C=O) groups is 1. The Labute approximate surface area is 156 Å². The van der Waals surface area contributed by atoms with E-state index in [4.69, 9.17) is 0 Å². The van der Waals surface area contributed by atoms with Gasteiger partial charge in [0.25, 0.3) is 5.91 Å². The lowest BCUT2D eigenvalue weighted by Crippen LogP contribution is -2.47. The fourth-order valence-corrected chi connectivity index (χ4v) is 3.60. The van der Waals surface area contributed by atoms with E-state index in [1.807, 2.05) is 41.2 Å². The number of rotatable bonds is 8. The number of nitrogens with zero attached hydrogens (tertiary/aromatic N) is 3. The van der Waals surface area contributed by atoms with Gasteiger partial charge in [0.15, 0.2) is 0 Å². The van der Waals surface area contributed by atoms with Gasteiger partial charge in [0, 0.05) is 30.5 Å². The third kappa shape index (κ3) is 5.18. The standard InChI is InChI=1S/C21H30N4O/c1-2-3-13-24-14-5-4-7-20(24)16-22-21(26)19-10-8-18(9-11-19)17-25-15-6-12-23-25/h6,8-12,15,20H,2-5,7,13-14,16-17H2,1H3,(H,22,26). The molecule has 3 rings (SSSR count). The number of aromatic nitrogens is 2. The first-order valence-corrected chi connectivity index (χ1v) is 9.85. The zero-order valence-corrected chi connectivity index (χ0v) is 15.7. The van der Waals surface area contributed by atoms with Gasteiger partial charge in [-0.15, -0.1) is 0 Å². The fourth-order valence-electron chi connectivity index (χ4n) is 3.60. The van der Waals surface area contributed by atoms with Crippen LogP contribution in [-0.4, -0.2) is 46.3 Å². The lowest BCUT2D eigenvalue weighted by molar-refractivity contribution is 0.0912. The molecule has 1 aromatic heterocycles. The number of hydrogen-bond acceptors (Lipinski definition) is 3. The average molecular weight is 354 g/mol. The van der Waals surface area contributed by atoms with Gasteiger partial charge in [0.05, 0.1) is 6.54 Å².